The van der Waals surface area contributed by atoms with Crippen LogP contribution in [0.4, 0.5) is 4.79 Å². The Morgan fingerprint density at radius 2 is 1.76 bits per heavy atom. The van der Waals surface area contributed by atoms with E-state index < -0.39 is 0 Å². The van der Waals surface area contributed by atoms with Crippen molar-refractivity contribution in [3.05, 3.63) is 84.1 Å². The van der Waals surface area contributed by atoms with Gasteiger partial charge in [0.1, 0.15) is 11.3 Å². The molecule has 4 rings (SSSR count). The van der Waals surface area contributed by atoms with Crippen molar-refractivity contribution in [1.82, 2.24) is 25.2 Å². The molecule has 0 aliphatic rings. The molecule has 0 atom stereocenters. The normalized spacial score (nSPS) is 10.8. The first-order chi connectivity index (χ1) is 14.2. The fourth-order valence-electron chi connectivity index (χ4n) is 3.21. The predicted molar refractivity (Wildman–Crippen MR) is 114 cm³/mol. The number of carbonyl (C=O) groups excluding carboxylic acids is 1. The fraction of sp³-hybridized carbons (Fsp3) is 0.174. The zero-order chi connectivity index (χ0) is 20.1. The van der Waals surface area contributed by atoms with E-state index in [-0.39, 0.29) is 6.03 Å². The number of rotatable bonds is 6. The molecular formula is C23H23N5O. The summed E-state index contributed by atoms with van der Waals surface area (Å²) >= 11 is 0. The van der Waals surface area contributed by atoms with Gasteiger partial charge in [-0.3, -0.25) is 0 Å². The molecule has 4 aromatic rings. The van der Waals surface area contributed by atoms with Crippen LogP contribution in [-0.4, -0.2) is 27.1 Å². The number of fused-ring (bicyclic) bond motifs is 1. The van der Waals surface area contributed by atoms with Crippen molar-refractivity contribution in [1.29, 1.82) is 0 Å². The van der Waals surface area contributed by atoms with Gasteiger partial charge in [-0.2, -0.15) is 0 Å². The number of benzene rings is 2. The number of imidazole rings is 1. The van der Waals surface area contributed by atoms with Crippen molar-refractivity contribution >= 4 is 17.2 Å². The highest BCUT2D eigenvalue weighted by atomic mass is 16.2. The average Bonchev–Trinajstić information content (AvgIpc) is 3.13. The lowest BCUT2D eigenvalue weighted by molar-refractivity contribution is 0.240. The van der Waals surface area contributed by atoms with Gasteiger partial charge in [-0.1, -0.05) is 60.2 Å². The van der Waals surface area contributed by atoms with Crippen LogP contribution in [0.3, 0.4) is 0 Å². The first kappa shape index (κ1) is 18.7. The van der Waals surface area contributed by atoms with Gasteiger partial charge < -0.3 is 15.2 Å². The number of urea groups is 1. The Hall–Kier alpha value is -3.67. The second-order valence-corrected chi connectivity index (χ2v) is 6.89. The quantitative estimate of drug-likeness (QED) is 0.529. The zero-order valence-corrected chi connectivity index (χ0v) is 16.3. The van der Waals surface area contributed by atoms with Gasteiger partial charge in [0.2, 0.25) is 0 Å². The minimum Gasteiger partial charge on any atom is -0.336 e. The molecule has 0 spiro atoms. The third kappa shape index (κ3) is 4.43. The Morgan fingerprint density at radius 1 is 0.966 bits per heavy atom. The third-order valence-electron chi connectivity index (χ3n) is 4.73. The number of hydrogen-bond acceptors (Lipinski definition) is 3. The molecule has 2 heterocycles. The Labute approximate surface area is 169 Å². The van der Waals surface area contributed by atoms with Crippen molar-refractivity contribution in [2.45, 2.75) is 20.0 Å². The number of aromatic nitrogens is 3. The number of aryl methyl sites for hydroxylation is 1. The third-order valence-corrected chi connectivity index (χ3v) is 4.73. The lowest BCUT2D eigenvalue weighted by atomic mass is 10.1. The summed E-state index contributed by atoms with van der Waals surface area (Å²) in [4.78, 5) is 21.4. The summed E-state index contributed by atoms with van der Waals surface area (Å²) in [6.45, 7) is 3.59. The highest BCUT2D eigenvalue weighted by Crippen LogP contribution is 2.23. The van der Waals surface area contributed by atoms with Gasteiger partial charge in [0.05, 0.1) is 0 Å². The molecule has 2 aromatic heterocycles. The number of carbonyl (C=O) groups is 1. The van der Waals surface area contributed by atoms with Crippen LogP contribution >= 0.6 is 0 Å². The maximum Gasteiger partial charge on any atom is 0.315 e. The van der Waals surface area contributed by atoms with E-state index in [0.717, 1.165) is 28.1 Å². The molecule has 0 aliphatic heterocycles. The maximum atomic E-state index is 12.2. The summed E-state index contributed by atoms with van der Waals surface area (Å²) in [6, 6.07) is 21.8. The minimum absolute atomic E-state index is 0.191. The smallest absolute Gasteiger partial charge is 0.315 e. The number of hydrogen-bond donors (Lipinski definition) is 2. The van der Waals surface area contributed by atoms with Crippen LogP contribution in [0.2, 0.25) is 0 Å². The van der Waals surface area contributed by atoms with Gasteiger partial charge in [0.25, 0.3) is 0 Å². The van der Waals surface area contributed by atoms with Gasteiger partial charge in [0, 0.05) is 31.4 Å². The monoisotopic (exact) mass is 385 g/mol. The van der Waals surface area contributed by atoms with Gasteiger partial charge in [-0.25, -0.2) is 14.8 Å². The number of nitrogens with zero attached hydrogens (tertiary/aromatic N) is 3. The van der Waals surface area contributed by atoms with E-state index in [9.17, 15) is 4.79 Å². The number of amides is 2. The van der Waals surface area contributed by atoms with Crippen LogP contribution in [0.1, 0.15) is 11.1 Å². The first-order valence-electron chi connectivity index (χ1n) is 9.64. The van der Waals surface area contributed by atoms with E-state index in [1.807, 2.05) is 78.2 Å². The van der Waals surface area contributed by atoms with Crippen LogP contribution in [0.25, 0.3) is 22.6 Å². The van der Waals surface area contributed by atoms with Gasteiger partial charge in [0.15, 0.2) is 5.65 Å². The highest BCUT2D eigenvalue weighted by Gasteiger charge is 2.13. The van der Waals surface area contributed by atoms with Crippen molar-refractivity contribution in [2.24, 2.45) is 0 Å². The minimum atomic E-state index is -0.191. The van der Waals surface area contributed by atoms with Crippen LogP contribution in [0.5, 0.6) is 0 Å². The summed E-state index contributed by atoms with van der Waals surface area (Å²) in [5.74, 6) is 0.848. The van der Waals surface area contributed by atoms with Gasteiger partial charge in [-0.05, 0) is 24.6 Å². The van der Waals surface area contributed by atoms with Crippen molar-refractivity contribution in [2.75, 3.05) is 6.54 Å². The predicted octanol–water partition coefficient (Wildman–Crippen LogP) is 3.91. The molecule has 0 unspecified atom stereocenters. The molecule has 0 saturated carbocycles. The Bertz CT molecular complexity index is 1100. The molecule has 29 heavy (non-hydrogen) atoms. The lowest BCUT2D eigenvalue weighted by Gasteiger charge is -2.11. The summed E-state index contributed by atoms with van der Waals surface area (Å²) in [7, 11) is 0. The zero-order valence-electron chi connectivity index (χ0n) is 16.3. The molecule has 0 fully saturated rings. The van der Waals surface area contributed by atoms with Crippen molar-refractivity contribution < 1.29 is 4.79 Å². The molecule has 2 amide bonds. The van der Waals surface area contributed by atoms with E-state index in [2.05, 4.69) is 15.6 Å². The molecule has 2 N–H and O–H groups in total. The van der Waals surface area contributed by atoms with E-state index >= 15 is 0 Å². The first-order valence-corrected chi connectivity index (χ1v) is 9.64. The second-order valence-electron chi connectivity index (χ2n) is 6.89. The summed E-state index contributed by atoms with van der Waals surface area (Å²) in [5.41, 5.74) is 4.95. The van der Waals surface area contributed by atoms with E-state index in [4.69, 9.17) is 4.98 Å². The van der Waals surface area contributed by atoms with Crippen LogP contribution in [0, 0.1) is 6.92 Å². The van der Waals surface area contributed by atoms with Crippen molar-refractivity contribution in [3.8, 4) is 11.4 Å². The number of pyridine rings is 1. The van der Waals surface area contributed by atoms with E-state index in [0.29, 0.717) is 19.6 Å². The summed E-state index contributed by atoms with van der Waals surface area (Å²) < 4.78 is 2.05. The van der Waals surface area contributed by atoms with Crippen LogP contribution in [-0.2, 0) is 13.1 Å². The topological polar surface area (TPSA) is 71.8 Å². The molecular weight excluding hydrogens is 362 g/mol. The maximum absolute atomic E-state index is 12.2. The Kier molecular flexibility index (Phi) is 5.52. The van der Waals surface area contributed by atoms with Crippen LogP contribution < -0.4 is 10.6 Å². The molecule has 6 heteroatoms. The Morgan fingerprint density at radius 3 is 2.55 bits per heavy atom. The van der Waals surface area contributed by atoms with Gasteiger partial charge in [-0.15, -0.1) is 0 Å². The van der Waals surface area contributed by atoms with Gasteiger partial charge >= 0.3 is 6.03 Å². The Balaban J connectivity index is 1.41. The highest BCUT2D eigenvalue weighted by molar-refractivity contribution is 5.77. The molecule has 2 aromatic carbocycles. The standard InChI is InChI=1S/C23H23N5O/c1-17-9-11-18(12-10-17)16-26-23(29)25-14-15-28-21(19-6-3-2-4-7-19)27-20-8-5-13-24-22(20)28/h2-13H,14-16H2,1H3,(H2,25,26,29). The molecule has 6 nitrogen and oxygen atoms in total. The largest absolute Gasteiger partial charge is 0.336 e. The molecule has 0 saturated heterocycles. The molecule has 0 radical (unpaired) electrons. The SMILES string of the molecule is Cc1ccc(CNC(=O)NCCn2c(-c3ccccc3)nc3cccnc32)cc1. The summed E-state index contributed by atoms with van der Waals surface area (Å²) in [5, 5.41) is 5.81. The molecule has 146 valence electrons. The molecule has 0 aliphatic carbocycles. The second kappa shape index (κ2) is 8.56. The van der Waals surface area contributed by atoms with E-state index in [1.165, 1.54) is 5.56 Å². The average molecular weight is 385 g/mol. The fourth-order valence-corrected chi connectivity index (χ4v) is 3.21. The summed E-state index contributed by atoms with van der Waals surface area (Å²) in [6.07, 6.45) is 1.76. The number of nitrogens with one attached hydrogen (secondary N) is 2. The van der Waals surface area contributed by atoms with Crippen molar-refractivity contribution in [3.63, 3.8) is 0 Å². The molecule has 0 bridgehead atoms. The van der Waals surface area contributed by atoms with E-state index in [1.54, 1.807) is 6.20 Å². The lowest BCUT2D eigenvalue weighted by Crippen LogP contribution is -2.36. The van der Waals surface area contributed by atoms with Crippen LogP contribution in [0.15, 0.2) is 72.9 Å².